The van der Waals surface area contributed by atoms with Crippen molar-refractivity contribution in [3.8, 4) is 0 Å². The number of rotatable bonds is 5. The van der Waals surface area contributed by atoms with Gasteiger partial charge < -0.3 is 14.8 Å². The Balaban J connectivity index is 2.10. The van der Waals surface area contributed by atoms with Crippen molar-refractivity contribution in [3.63, 3.8) is 0 Å². The standard InChI is InChI=1S/C14H13F4NO2/c15-11-4-3-9(6-10(11)14(16,17)18)7-19-12(8-20)13-2-1-5-21-13/h1-6,12,19-20H,7-8H2/t12-/m0/s1. The van der Waals surface area contributed by atoms with Crippen LogP contribution in [0.25, 0.3) is 0 Å². The molecule has 1 heterocycles. The summed E-state index contributed by atoms with van der Waals surface area (Å²) in [6.07, 6.45) is -3.31. The van der Waals surface area contributed by atoms with Gasteiger partial charge in [0.2, 0.25) is 0 Å². The van der Waals surface area contributed by atoms with Gasteiger partial charge in [0, 0.05) is 6.54 Å². The minimum absolute atomic E-state index is 0.0370. The number of furan rings is 1. The van der Waals surface area contributed by atoms with Crippen LogP contribution in [-0.4, -0.2) is 11.7 Å². The lowest BCUT2D eigenvalue weighted by molar-refractivity contribution is -0.140. The zero-order valence-electron chi connectivity index (χ0n) is 10.8. The maximum Gasteiger partial charge on any atom is 0.419 e. The molecule has 2 aromatic rings. The number of hydrogen-bond acceptors (Lipinski definition) is 3. The second kappa shape index (κ2) is 6.28. The molecule has 0 aliphatic carbocycles. The van der Waals surface area contributed by atoms with Gasteiger partial charge in [0.05, 0.1) is 24.5 Å². The van der Waals surface area contributed by atoms with Crippen LogP contribution < -0.4 is 5.32 Å². The van der Waals surface area contributed by atoms with E-state index in [1.54, 1.807) is 12.1 Å². The molecule has 0 aliphatic heterocycles. The number of alkyl halides is 3. The molecule has 0 spiro atoms. The van der Waals surface area contributed by atoms with Crippen LogP contribution in [0.15, 0.2) is 41.0 Å². The van der Waals surface area contributed by atoms with E-state index in [4.69, 9.17) is 4.42 Å². The van der Waals surface area contributed by atoms with E-state index in [1.165, 1.54) is 12.3 Å². The first kappa shape index (κ1) is 15.5. The molecule has 0 saturated carbocycles. The molecule has 1 aromatic carbocycles. The van der Waals surface area contributed by atoms with Crippen LogP contribution in [0.3, 0.4) is 0 Å². The summed E-state index contributed by atoms with van der Waals surface area (Å²) in [6, 6.07) is 5.52. The van der Waals surface area contributed by atoms with E-state index in [-0.39, 0.29) is 18.7 Å². The van der Waals surface area contributed by atoms with Crippen molar-refractivity contribution in [1.82, 2.24) is 5.32 Å². The van der Waals surface area contributed by atoms with Gasteiger partial charge in [-0.2, -0.15) is 13.2 Å². The van der Waals surface area contributed by atoms with Crippen LogP contribution in [-0.2, 0) is 12.7 Å². The number of aliphatic hydroxyl groups is 1. The Morgan fingerprint density at radius 2 is 2.00 bits per heavy atom. The van der Waals surface area contributed by atoms with Crippen LogP contribution in [0.4, 0.5) is 17.6 Å². The molecule has 0 aliphatic rings. The number of halogens is 4. The molecule has 0 fully saturated rings. The van der Waals surface area contributed by atoms with Gasteiger partial charge in [-0.1, -0.05) is 6.07 Å². The maximum atomic E-state index is 13.2. The second-order valence-electron chi connectivity index (χ2n) is 4.44. The molecule has 0 bridgehead atoms. The van der Waals surface area contributed by atoms with Crippen LogP contribution in [0, 0.1) is 5.82 Å². The van der Waals surface area contributed by atoms with Crippen molar-refractivity contribution in [3.05, 3.63) is 59.3 Å². The molecule has 2 rings (SSSR count). The summed E-state index contributed by atoms with van der Waals surface area (Å²) in [5.41, 5.74) is -1.05. The van der Waals surface area contributed by atoms with E-state index >= 15 is 0 Å². The van der Waals surface area contributed by atoms with Crippen LogP contribution in [0.2, 0.25) is 0 Å². The molecule has 0 saturated heterocycles. The SMILES string of the molecule is OC[C@H](NCc1ccc(F)c(C(F)(F)F)c1)c1ccco1. The summed E-state index contributed by atoms with van der Waals surface area (Å²) in [5.74, 6) is -0.841. The molecular weight excluding hydrogens is 290 g/mol. The molecule has 21 heavy (non-hydrogen) atoms. The van der Waals surface area contributed by atoms with Crippen molar-refractivity contribution in [2.75, 3.05) is 6.61 Å². The van der Waals surface area contributed by atoms with E-state index < -0.39 is 23.6 Å². The van der Waals surface area contributed by atoms with Gasteiger partial charge in [0.25, 0.3) is 0 Å². The number of benzene rings is 1. The Morgan fingerprint density at radius 3 is 2.57 bits per heavy atom. The van der Waals surface area contributed by atoms with Crippen molar-refractivity contribution in [2.45, 2.75) is 18.8 Å². The van der Waals surface area contributed by atoms with Crippen molar-refractivity contribution < 1.29 is 27.1 Å². The molecule has 7 heteroatoms. The Morgan fingerprint density at radius 1 is 1.24 bits per heavy atom. The lowest BCUT2D eigenvalue weighted by Gasteiger charge is -2.15. The first-order valence-corrected chi connectivity index (χ1v) is 6.15. The molecule has 1 atom stereocenters. The summed E-state index contributed by atoms with van der Waals surface area (Å²) >= 11 is 0. The van der Waals surface area contributed by atoms with Crippen molar-refractivity contribution >= 4 is 0 Å². The maximum absolute atomic E-state index is 13.2. The van der Waals surface area contributed by atoms with E-state index in [1.807, 2.05) is 0 Å². The third-order valence-electron chi connectivity index (χ3n) is 2.96. The fourth-order valence-corrected chi connectivity index (χ4v) is 1.89. The molecule has 3 nitrogen and oxygen atoms in total. The highest BCUT2D eigenvalue weighted by Gasteiger charge is 2.34. The van der Waals surface area contributed by atoms with E-state index in [0.29, 0.717) is 5.76 Å². The second-order valence-corrected chi connectivity index (χ2v) is 4.44. The highest BCUT2D eigenvalue weighted by Crippen LogP contribution is 2.32. The topological polar surface area (TPSA) is 45.4 Å². The molecular formula is C14H13F4NO2. The van der Waals surface area contributed by atoms with Crippen molar-refractivity contribution in [2.24, 2.45) is 0 Å². The predicted molar refractivity (Wildman–Crippen MR) is 66.8 cm³/mol. The lowest BCUT2D eigenvalue weighted by Crippen LogP contribution is -2.23. The monoisotopic (exact) mass is 303 g/mol. The molecule has 114 valence electrons. The Kier molecular flexibility index (Phi) is 4.64. The van der Waals surface area contributed by atoms with Crippen LogP contribution >= 0.6 is 0 Å². The largest absolute Gasteiger partial charge is 0.468 e. The van der Waals surface area contributed by atoms with E-state index in [0.717, 1.165) is 12.1 Å². The summed E-state index contributed by atoms with van der Waals surface area (Å²) < 4.78 is 56.1. The molecule has 0 radical (unpaired) electrons. The third-order valence-corrected chi connectivity index (χ3v) is 2.96. The molecule has 1 aromatic heterocycles. The lowest BCUT2D eigenvalue weighted by atomic mass is 10.1. The number of nitrogens with one attached hydrogen (secondary N) is 1. The minimum atomic E-state index is -4.74. The third kappa shape index (κ3) is 3.83. The summed E-state index contributed by atoms with van der Waals surface area (Å²) in [5, 5.41) is 12.1. The Bertz CT molecular complexity index is 581. The van der Waals surface area contributed by atoms with Gasteiger partial charge in [-0.25, -0.2) is 4.39 Å². The predicted octanol–water partition coefficient (Wildman–Crippen LogP) is 3.26. The summed E-state index contributed by atoms with van der Waals surface area (Å²) in [7, 11) is 0. The zero-order chi connectivity index (χ0) is 15.5. The Hall–Kier alpha value is -1.86. The first-order valence-electron chi connectivity index (χ1n) is 6.15. The van der Waals surface area contributed by atoms with Crippen molar-refractivity contribution in [1.29, 1.82) is 0 Å². The molecule has 2 N–H and O–H groups in total. The average molecular weight is 303 g/mol. The number of aliphatic hydroxyl groups excluding tert-OH is 1. The first-order chi connectivity index (χ1) is 9.91. The molecule has 0 amide bonds. The fourth-order valence-electron chi connectivity index (χ4n) is 1.89. The summed E-state index contributed by atoms with van der Waals surface area (Å²) in [4.78, 5) is 0. The highest BCUT2D eigenvalue weighted by atomic mass is 19.4. The quantitative estimate of drug-likeness (QED) is 0.833. The molecule has 0 unspecified atom stereocenters. The van der Waals surface area contributed by atoms with Crippen LogP contribution in [0.1, 0.15) is 22.9 Å². The average Bonchev–Trinajstić information content (AvgIpc) is 2.94. The normalized spacial score (nSPS) is 13.4. The highest BCUT2D eigenvalue weighted by molar-refractivity contribution is 5.27. The fraction of sp³-hybridized carbons (Fsp3) is 0.286. The van der Waals surface area contributed by atoms with Crippen LogP contribution in [0.5, 0.6) is 0 Å². The number of hydrogen-bond donors (Lipinski definition) is 2. The van der Waals surface area contributed by atoms with Gasteiger partial charge >= 0.3 is 6.18 Å². The van der Waals surface area contributed by atoms with E-state index in [2.05, 4.69) is 5.32 Å². The Labute approximate surface area is 118 Å². The zero-order valence-corrected chi connectivity index (χ0v) is 10.8. The van der Waals surface area contributed by atoms with Gasteiger partial charge in [0.15, 0.2) is 0 Å². The summed E-state index contributed by atoms with van der Waals surface area (Å²) in [6.45, 7) is -0.240. The van der Waals surface area contributed by atoms with Gasteiger partial charge in [-0.15, -0.1) is 0 Å². The van der Waals surface area contributed by atoms with Gasteiger partial charge in [0.1, 0.15) is 11.6 Å². The van der Waals surface area contributed by atoms with E-state index in [9.17, 15) is 22.7 Å². The minimum Gasteiger partial charge on any atom is -0.468 e. The van der Waals surface area contributed by atoms with Gasteiger partial charge in [-0.05, 0) is 29.8 Å². The van der Waals surface area contributed by atoms with Gasteiger partial charge in [-0.3, -0.25) is 0 Å². The smallest absolute Gasteiger partial charge is 0.419 e.